The monoisotopic (exact) mass is 659 g/mol. The maximum atomic E-state index is 12.3. The highest BCUT2D eigenvalue weighted by molar-refractivity contribution is 7.23. The predicted molar refractivity (Wildman–Crippen MR) is 185 cm³/mol. The van der Waals surface area contributed by atoms with Gasteiger partial charge in [0.2, 0.25) is 0 Å². The zero-order chi connectivity index (χ0) is 29.8. The summed E-state index contributed by atoms with van der Waals surface area (Å²) >= 11 is 15.6. The van der Waals surface area contributed by atoms with Gasteiger partial charge in [-0.25, -0.2) is 14.8 Å². The van der Waals surface area contributed by atoms with Crippen LogP contribution in [0.2, 0.25) is 10.0 Å². The van der Waals surface area contributed by atoms with Crippen molar-refractivity contribution in [2.75, 3.05) is 47.0 Å². The normalized spacial score (nSPS) is 18.0. The van der Waals surface area contributed by atoms with Crippen LogP contribution in [0.25, 0.3) is 20.4 Å². The van der Waals surface area contributed by atoms with Gasteiger partial charge in [0.15, 0.2) is 10.3 Å². The van der Waals surface area contributed by atoms with Crippen LogP contribution in [0, 0.1) is 0 Å². The lowest BCUT2D eigenvalue weighted by Crippen LogP contribution is -2.38. The summed E-state index contributed by atoms with van der Waals surface area (Å²) in [5.74, 6) is 0. The standard InChI is InChI=1S/C19H25ClN4OS.C12H14ClN3S/c20-14-9-10-15(24-11-5-2-6-12-24)17-16(14)22-19(26-17)23-18(25)21-13-7-3-1-4-8-13;13-8-4-5-9(16-6-2-1-3-7-16)11-10(8)15-12(14)17-11/h9-10,13H,1-8,11-12H2,(H2,21,22,23,25);4-5H,1-3,6-7H2,(H2,14,15). The van der Waals surface area contributed by atoms with Crippen molar-refractivity contribution in [1.29, 1.82) is 0 Å². The van der Waals surface area contributed by atoms with Gasteiger partial charge in [-0.2, -0.15) is 0 Å². The molecule has 2 amide bonds. The van der Waals surface area contributed by atoms with Gasteiger partial charge in [-0.3, -0.25) is 5.32 Å². The smallest absolute Gasteiger partial charge is 0.321 e. The zero-order valence-corrected chi connectivity index (χ0v) is 27.5. The van der Waals surface area contributed by atoms with Crippen LogP contribution in [0.5, 0.6) is 0 Å². The molecule has 3 fully saturated rings. The number of benzene rings is 2. The summed E-state index contributed by atoms with van der Waals surface area (Å²) in [4.78, 5) is 26.1. The fourth-order valence-electron chi connectivity index (χ4n) is 6.33. The first kappa shape index (κ1) is 30.5. The van der Waals surface area contributed by atoms with Crippen molar-refractivity contribution in [1.82, 2.24) is 15.3 Å². The molecule has 4 N–H and O–H groups in total. The van der Waals surface area contributed by atoms with Crippen LogP contribution in [0.15, 0.2) is 24.3 Å². The minimum absolute atomic E-state index is 0.161. The number of rotatable bonds is 4. The largest absolute Gasteiger partial charge is 0.375 e. The molecule has 1 saturated carbocycles. The Hall–Kier alpha value is -2.53. The third-order valence-electron chi connectivity index (χ3n) is 8.52. The number of piperidine rings is 2. The highest BCUT2D eigenvalue weighted by Gasteiger charge is 2.21. The average molecular weight is 661 g/mol. The number of nitrogens with one attached hydrogen (secondary N) is 2. The number of nitrogen functional groups attached to an aromatic ring is 1. The van der Waals surface area contributed by atoms with E-state index in [0.717, 1.165) is 59.5 Å². The van der Waals surface area contributed by atoms with E-state index < -0.39 is 0 Å². The molecular formula is C31H39Cl2N7OS2. The maximum Gasteiger partial charge on any atom is 0.321 e. The molecule has 0 radical (unpaired) electrons. The number of fused-ring (bicyclic) bond motifs is 2. The molecule has 230 valence electrons. The van der Waals surface area contributed by atoms with E-state index in [4.69, 9.17) is 28.9 Å². The lowest BCUT2D eigenvalue weighted by molar-refractivity contribution is 0.244. The van der Waals surface area contributed by atoms with E-state index in [1.807, 2.05) is 12.1 Å². The van der Waals surface area contributed by atoms with E-state index in [-0.39, 0.29) is 12.1 Å². The molecule has 0 unspecified atom stereocenters. The van der Waals surface area contributed by atoms with Crippen LogP contribution >= 0.6 is 45.9 Å². The molecule has 8 nitrogen and oxygen atoms in total. The van der Waals surface area contributed by atoms with E-state index in [1.54, 1.807) is 0 Å². The van der Waals surface area contributed by atoms with E-state index in [9.17, 15) is 4.79 Å². The van der Waals surface area contributed by atoms with Gasteiger partial charge in [-0.15, -0.1) is 0 Å². The van der Waals surface area contributed by atoms with Crippen LogP contribution < -0.4 is 26.2 Å². The molecule has 3 aliphatic rings. The van der Waals surface area contributed by atoms with Crippen LogP contribution in [0.3, 0.4) is 0 Å². The van der Waals surface area contributed by atoms with Gasteiger partial charge >= 0.3 is 6.03 Å². The number of nitrogens with two attached hydrogens (primary N) is 1. The third kappa shape index (κ3) is 7.24. The first-order valence-electron chi connectivity index (χ1n) is 15.5. The number of urea groups is 1. The molecule has 4 heterocycles. The van der Waals surface area contributed by atoms with Crippen molar-refractivity contribution in [2.24, 2.45) is 0 Å². The second-order valence-electron chi connectivity index (χ2n) is 11.6. The molecule has 2 aromatic heterocycles. The van der Waals surface area contributed by atoms with Crippen molar-refractivity contribution >= 4 is 94.0 Å². The van der Waals surface area contributed by atoms with Gasteiger partial charge < -0.3 is 20.9 Å². The third-order valence-corrected chi connectivity index (χ3v) is 11.0. The first-order valence-corrected chi connectivity index (χ1v) is 17.9. The van der Waals surface area contributed by atoms with E-state index in [0.29, 0.717) is 20.3 Å². The second-order valence-corrected chi connectivity index (χ2v) is 14.4. The van der Waals surface area contributed by atoms with Crippen LogP contribution in [-0.4, -0.2) is 48.2 Å². The molecule has 0 atom stereocenters. The van der Waals surface area contributed by atoms with Gasteiger partial charge in [-0.1, -0.05) is 65.1 Å². The zero-order valence-electron chi connectivity index (χ0n) is 24.3. The highest BCUT2D eigenvalue weighted by Crippen LogP contribution is 2.40. The lowest BCUT2D eigenvalue weighted by Gasteiger charge is -2.29. The van der Waals surface area contributed by atoms with Gasteiger partial charge in [-0.05, 0) is 75.6 Å². The number of hydrogen-bond donors (Lipinski definition) is 3. The molecule has 2 aromatic carbocycles. The number of anilines is 4. The molecule has 1 aliphatic carbocycles. The van der Waals surface area contributed by atoms with Gasteiger partial charge in [0.25, 0.3) is 0 Å². The van der Waals surface area contributed by atoms with Crippen molar-refractivity contribution in [3.8, 4) is 0 Å². The molecule has 43 heavy (non-hydrogen) atoms. The molecule has 0 spiro atoms. The number of carbonyl (C=O) groups is 1. The summed E-state index contributed by atoms with van der Waals surface area (Å²) in [6.45, 7) is 4.38. The van der Waals surface area contributed by atoms with Crippen molar-refractivity contribution in [3.05, 3.63) is 34.3 Å². The molecular weight excluding hydrogens is 621 g/mol. The highest BCUT2D eigenvalue weighted by atomic mass is 35.5. The summed E-state index contributed by atoms with van der Waals surface area (Å²) in [5.41, 5.74) is 9.83. The van der Waals surface area contributed by atoms with E-state index in [1.165, 1.54) is 91.8 Å². The number of hydrogen-bond acceptors (Lipinski definition) is 8. The number of thiazole rings is 2. The van der Waals surface area contributed by atoms with E-state index >= 15 is 0 Å². The summed E-state index contributed by atoms with van der Waals surface area (Å²) in [5, 5.41) is 8.52. The van der Waals surface area contributed by atoms with Crippen molar-refractivity contribution < 1.29 is 4.79 Å². The number of amides is 2. The summed E-state index contributed by atoms with van der Waals surface area (Å²) < 4.78 is 2.18. The Kier molecular flexibility index (Phi) is 9.97. The number of aromatic nitrogens is 2. The Morgan fingerprint density at radius 1 is 0.744 bits per heavy atom. The fourth-order valence-corrected chi connectivity index (χ4v) is 8.77. The Labute approximate surface area is 270 Å². The Morgan fingerprint density at radius 2 is 1.26 bits per heavy atom. The number of nitrogens with zero attached hydrogens (tertiary/aromatic N) is 4. The predicted octanol–water partition coefficient (Wildman–Crippen LogP) is 8.92. The van der Waals surface area contributed by atoms with Crippen LogP contribution in [0.4, 0.5) is 26.4 Å². The molecule has 7 rings (SSSR count). The summed E-state index contributed by atoms with van der Waals surface area (Å²) in [6, 6.07) is 8.14. The van der Waals surface area contributed by atoms with Gasteiger partial charge in [0.1, 0.15) is 11.0 Å². The minimum atomic E-state index is -0.161. The topological polar surface area (TPSA) is 99.4 Å². The molecule has 0 bridgehead atoms. The van der Waals surface area contributed by atoms with Gasteiger partial charge in [0, 0.05) is 32.2 Å². The Morgan fingerprint density at radius 3 is 1.84 bits per heavy atom. The molecule has 12 heteroatoms. The Balaban J connectivity index is 0.000000167. The minimum Gasteiger partial charge on any atom is -0.375 e. The summed E-state index contributed by atoms with van der Waals surface area (Å²) in [6.07, 6.45) is 13.4. The van der Waals surface area contributed by atoms with Gasteiger partial charge in [0.05, 0.1) is 30.8 Å². The Bertz CT molecular complexity index is 1560. The maximum absolute atomic E-state index is 12.3. The molecule has 2 saturated heterocycles. The number of halogens is 2. The number of carbonyl (C=O) groups excluding carboxylic acids is 1. The van der Waals surface area contributed by atoms with Crippen LogP contribution in [-0.2, 0) is 0 Å². The molecule has 2 aliphatic heterocycles. The quantitative estimate of drug-likeness (QED) is 0.202. The average Bonchev–Trinajstić information content (AvgIpc) is 3.64. The molecule has 4 aromatic rings. The SMILES string of the molecule is Nc1nc2c(Cl)ccc(N3CCCCC3)c2s1.O=C(Nc1nc2c(Cl)ccc(N3CCCCC3)c2s1)NC1CCCCC1. The first-order chi connectivity index (χ1) is 21.0. The van der Waals surface area contributed by atoms with Crippen LogP contribution in [0.1, 0.15) is 70.6 Å². The summed E-state index contributed by atoms with van der Waals surface area (Å²) in [7, 11) is 0. The van der Waals surface area contributed by atoms with Crippen molar-refractivity contribution in [2.45, 2.75) is 76.7 Å². The van der Waals surface area contributed by atoms with E-state index in [2.05, 4.69) is 42.5 Å². The second kappa shape index (κ2) is 14.1. The fraction of sp³-hybridized carbons (Fsp3) is 0.516. The lowest BCUT2D eigenvalue weighted by atomic mass is 9.96. The van der Waals surface area contributed by atoms with Crippen molar-refractivity contribution in [3.63, 3.8) is 0 Å².